The smallest absolute Gasteiger partial charge is 0.362 e. The summed E-state index contributed by atoms with van der Waals surface area (Å²) in [5, 5.41) is 0. The predicted octanol–water partition coefficient (Wildman–Crippen LogP) is 5.36. The van der Waals surface area contributed by atoms with Crippen LogP contribution in [0, 0.1) is 33.5 Å². The Labute approximate surface area is 201 Å². The molecule has 0 radical (unpaired) electrons. The van der Waals surface area contributed by atoms with Crippen LogP contribution in [0.1, 0.15) is 93.9 Å². The minimum atomic E-state index is -0.158. The van der Waals surface area contributed by atoms with Crippen molar-refractivity contribution in [3.05, 3.63) is 0 Å². The van der Waals surface area contributed by atoms with Gasteiger partial charge < -0.3 is 14.0 Å². The molecule has 0 saturated heterocycles. The van der Waals surface area contributed by atoms with Gasteiger partial charge in [0.15, 0.2) is 13.1 Å². The highest BCUT2D eigenvalue weighted by atomic mass is 16.6. The number of hydrogen-bond donors (Lipinski definition) is 0. The zero-order chi connectivity index (χ0) is 24.4. The number of likely N-dealkylation sites (N-methyl/N-ethyl adjacent to an activating group) is 1. The summed E-state index contributed by atoms with van der Waals surface area (Å²) in [5.41, 5.74) is 0.552. The number of hydrogen-bond acceptors (Lipinski definition) is 4. The highest BCUT2D eigenvalue weighted by molar-refractivity contribution is 5.73. The van der Waals surface area contributed by atoms with Gasteiger partial charge in [-0.15, -0.1) is 0 Å². The van der Waals surface area contributed by atoms with Gasteiger partial charge in [-0.05, 0) is 75.0 Å². The predicted molar refractivity (Wildman–Crippen MR) is 129 cm³/mol. The Balaban J connectivity index is 1.38. The molecule has 4 fully saturated rings. The molecular weight excluding hydrogens is 414 g/mol. The normalized spacial score (nSPS) is 40.2. The van der Waals surface area contributed by atoms with Crippen molar-refractivity contribution in [3.8, 4) is 0 Å². The highest BCUT2D eigenvalue weighted by Gasteiger charge is 2.64. The number of carbonyl (C=O) groups excluding carboxylic acids is 2. The first-order valence-electron chi connectivity index (χ1n) is 13.5. The molecule has 4 aliphatic rings. The third kappa shape index (κ3) is 3.58. The molecule has 4 bridgehead atoms. The van der Waals surface area contributed by atoms with Crippen molar-refractivity contribution in [2.45, 2.75) is 106 Å². The van der Waals surface area contributed by atoms with Crippen molar-refractivity contribution < 1.29 is 23.5 Å². The van der Waals surface area contributed by atoms with Gasteiger partial charge in [-0.1, -0.05) is 41.5 Å². The van der Waals surface area contributed by atoms with Gasteiger partial charge in [-0.3, -0.25) is 0 Å². The molecule has 5 nitrogen and oxygen atoms in total. The number of carbonyl (C=O) groups is 2. The van der Waals surface area contributed by atoms with E-state index in [1.54, 1.807) is 0 Å². The fourth-order valence-corrected chi connectivity index (χ4v) is 8.28. The molecule has 0 N–H and O–H groups in total. The zero-order valence-corrected chi connectivity index (χ0v) is 22.5. The molecule has 0 aromatic carbocycles. The Morgan fingerprint density at radius 3 is 1.33 bits per heavy atom. The quantitative estimate of drug-likeness (QED) is 0.360. The lowest BCUT2D eigenvalue weighted by atomic mass is 9.70. The molecule has 4 aliphatic carbocycles. The Morgan fingerprint density at radius 2 is 1.09 bits per heavy atom. The molecule has 4 saturated carbocycles. The van der Waals surface area contributed by atoms with E-state index >= 15 is 0 Å². The molecule has 0 aliphatic heterocycles. The van der Waals surface area contributed by atoms with Gasteiger partial charge in [0.1, 0.15) is 12.2 Å². The summed E-state index contributed by atoms with van der Waals surface area (Å²) in [6.45, 7) is 20.0. The number of fused-ring (bicyclic) bond motifs is 4. The van der Waals surface area contributed by atoms with Crippen LogP contribution in [0.15, 0.2) is 0 Å². The lowest BCUT2D eigenvalue weighted by Gasteiger charge is -2.40. The van der Waals surface area contributed by atoms with E-state index in [-0.39, 0.29) is 58.9 Å². The van der Waals surface area contributed by atoms with Crippen LogP contribution in [0.5, 0.6) is 0 Å². The molecule has 0 aromatic heterocycles. The molecule has 4 rings (SSSR count). The van der Waals surface area contributed by atoms with E-state index < -0.39 is 0 Å². The van der Waals surface area contributed by atoms with E-state index in [0.717, 1.165) is 25.7 Å². The monoisotopic (exact) mass is 462 g/mol. The van der Waals surface area contributed by atoms with Crippen molar-refractivity contribution in [2.75, 3.05) is 26.2 Å². The van der Waals surface area contributed by atoms with Gasteiger partial charge >= 0.3 is 11.9 Å². The molecule has 0 heterocycles. The van der Waals surface area contributed by atoms with Crippen LogP contribution in [-0.2, 0) is 19.1 Å². The summed E-state index contributed by atoms with van der Waals surface area (Å²) >= 11 is 0. The first-order valence-corrected chi connectivity index (χ1v) is 13.5. The zero-order valence-electron chi connectivity index (χ0n) is 22.5. The van der Waals surface area contributed by atoms with Gasteiger partial charge in [0, 0.05) is 10.8 Å². The number of rotatable bonds is 8. The number of quaternary nitrogens is 1. The van der Waals surface area contributed by atoms with Gasteiger partial charge in [-0.25, -0.2) is 9.59 Å². The topological polar surface area (TPSA) is 52.6 Å². The standard InChI is InChI=1S/C28H48NO4/c1-9-29(10-2,17-23(30)32-21-15-19-11-13-27(21,7)25(19,3)4)18-24(31)33-22-16-20-12-14-28(22,8)26(20,5)6/h19-22H,9-18H2,1-8H3/q+1/t19-,20-,21-,22+,27+,28+/m0/s1. The second kappa shape index (κ2) is 7.96. The van der Waals surface area contributed by atoms with Crippen LogP contribution < -0.4 is 0 Å². The van der Waals surface area contributed by atoms with E-state index in [1.807, 2.05) is 0 Å². The maximum atomic E-state index is 13.1. The average Bonchev–Trinajstić information content (AvgIpc) is 3.25. The molecular formula is C28H48NO4+. The van der Waals surface area contributed by atoms with E-state index in [4.69, 9.17) is 9.47 Å². The van der Waals surface area contributed by atoms with Crippen molar-refractivity contribution >= 4 is 11.9 Å². The maximum Gasteiger partial charge on any atom is 0.362 e. The van der Waals surface area contributed by atoms with Gasteiger partial charge in [0.25, 0.3) is 0 Å². The van der Waals surface area contributed by atoms with Crippen molar-refractivity contribution in [3.63, 3.8) is 0 Å². The molecule has 0 aromatic rings. The second-order valence-corrected chi connectivity index (χ2v) is 13.5. The Bertz CT molecular complexity index is 738. The van der Waals surface area contributed by atoms with Crippen LogP contribution in [0.3, 0.4) is 0 Å². The molecule has 0 amide bonds. The third-order valence-electron chi connectivity index (χ3n) is 12.2. The fraction of sp³-hybridized carbons (Fsp3) is 0.929. The summed E-state index contributed by atoms with van der Waals surface area (Å²) < 4.78 is 12.7. The third-order valence-corrected chi connectivity index (χ3v) is 12.2. The fourth-order valence-electron chi connectivity index (χ4n) is 8.28. The van der Waals surface area contributed by atoms with Crippen LogP contribution in [0.25, 0.3) is 0 Å². The van der Waals surface area contributed by atoms with Crippen molar-refractivity contribution in [1.82, 2.24) is 0 Å². The van der Waals surface area contributed by atoms with Crippen LogP contribution in [-0.4, -0.2) is 54.8 Å². The lowest BCUT2D eigenvalue weighted by molar-refractivity contribution is -0.911. The first-order chi connectivity index (χ1) is 15.2. The number of esters is 2. The number of ether oxygens (including phenoxy) is 2. The number of nitrogens with zero attached hydrogens (tertiary/aromatic N) is 1. The molecule has 0 spiro atoms. The summed E-state index contributed by atoms with van der Waals surface area (Å²) in [6, 6.07) is 0. The molecule has 6 atom stereocenters. The van der Waals surface area contributed by atoms with E-state index in [9.17, 15) is 9.59 Å². The van der Waals surface area contributed by atoms with E-state index in [1.165, 1.54) is 12.8 Å². The van der Waals surface area contributed by atoms with Crippen LogP contribution in [0.2, 0.25) is 0 Å². The molecule has 33 heavy (non-hydrogen) atoms. The molecule has 5 heteroatoms. The van der Waals surface area contributed by atoms with E-state index in [0.29, 0.717) is 29.4 Å². The summed E-state index contributed by atoms with van der Waals surface area (Å²) in [5.74, 6) is 0.960. The largest absolute Gasteiger partial charge is 0.458 e. The maximum absolute atomic E-state index is 13.1. The molecule has 188 valence electrons. The van der Waals surface area contributed by atoms with E-state index in [2.05, 4.69) is 55.4 Å². The summed E-state index contributed by atoms with van der Waals surface area (Å²) in [7, 11) is 0. The minimum Gasteiger partial charge on any atom is -0.458 e. The Hall–Kier alpha value is -1.10. The molecule has 0 unspecified atom stereocenters. The van der Waals surface area contributed by atoms with Gasteiger partial charge in [0.2, 0.25) is 0 Å². The summed E-state index contributed by atoms with van der Waals surface area (Å²) in [6.07, 6.45) is 6.70. The minimum absolute atomic E-state index is 0.00228. The van der Waals surface area contributed by atoms with Crippen LogP contribution >= 0.6 is 0 Å². The van der Waals surface area contributed by atoms with Crippen molar-refractivity contribution in [1.29, 1.82) is 0 Å². The van der Waals surface area contributed by atoms with Gasteiger partial charge in [-0.2, -0.15) is 0 Å². The Morgan fingerprint density at radius 1 is 0.727 bits per heavy atom. The van der Waals surface area contributed by atoms with Crippen molar-refractivity contribution in [2.24, 2.45) is 33.5 Å². The average molecular weight is 463 g/mol. The highest BCUT2D eigenvalue weighted by Crippen LogP contribution is 2.67. The van der Waals surface area contributed by atoms with Crippen LogP contribution in [0.4, 0.5) is 0 Å². The van der Waals surface area contributed by atoms with Gasteiger partial charge in [0.05, 0.1) is 13.1 Å². The lowest BCUT2D eigenvalue weighted by Crippen LogP contribution is -2.55. The SMILES string of the molecule is CC[N+](CC)(CC(=O)O[C@H]1C[C@@H]2CC[C@@]1(C)C2(C)C)CC(=O)O[C@@H]1C[C@@H]2CC[C@@]1(C)C2(C)C. The first kappa shape index (κ1) is 25.0. The summed E-state index contributed by atoms with van der Waals surface area (Å²) in [4.78, 5) is 26.3. The Kier molecular flexibility index (Phi) is 6.03. The second-order valence-electron chi connectivity index (χ2n) is 13.5.